The quantitative estimate of drug-likeness (QED) is 0.819. The van der Waals surface area contributed by atoms with E-state index < -0.39 is 0 Å². The molecule has 5 nitrogen and oxygen atoms in total. The normalized spacial score (nSPS) is 11.0. The summed E-state index contributed by atoms with van der Waals surface area (Å²) in [6, 6.07) is 3.85. The molecule has 22 heavy (non-hydrogen) atoms. The van der Waals surface area contributed by atoms with Crippen molar-refractivity contribution in [3.63, 3.8) is 0 Å². The Morgan fingerprint density at radius 1 is 1.18 bits per heavy atom. The van der Waals surface area contributed by atoms with Crippen molar-refractivity contribution in [3.8, 4) is 11.5 Å². The molecule has 0 saturated carbocycles. The van der Waals surface area contributed by atoms with E-state index in [1.165, 1.54) is 11.3 Å². The van der Waals surface area contributed by atoms with Crippen molar-refractivity contribution in [1.29, 1.82) is 0 Å². The fourth-order valence-corrected chi connectivity index (χ4v) is 2.68. The second-order valence-electron chi connectivity index (χ2n) is 5.33. The Hall–Kier alpha value is -1.72. The van der Waals surface area contributed by atoms with Crippen molar-refractivity contribution >= 4 is 11.6 Å². The third-order valence-corrected chi connectivity index (χ3v) is 4.20. The van der Waals surface area contributed by atoms with Crippen LogP contribution in [-0.2, 0) is 20.1 Å². The number of aryl methyl sites for hydroxylation is 1. The van der Waals surface area contributed by atoms with Crippen LogP contribution in [0.15, 0.2) is 18.3 Å². The standard InChI is InChI=1S/C16H22ClN3O2/c1-11-13(8-18-20(11)3)10-19(2)9-12-6-7-14(21-4)16(22-5)15(12)17/h6-8H,9-10H2,1-5H3. The molecule has 0 spiro atoms. The van der Waals surface area contributed by atoms with Gasteiger partial charge in [-0.1, -0.05) is 17.7 Å². The lowest BCUT2D eigenvalue weighted by Gasteiger charge is -2.19. The number of aromatic nitrogens is 2. The summed E-state index contributed by atoms with van der Waals surface area (Å²) in [7, 11) is 7.20. The van der Waals surface area contributed by atoms with Crippen LogP contribution < -0.4 is 9.47 Å². The fourth-order valence-electron chi connectivity index (χ4n) is 2.39. The summed E-state index contributed by atoms with van der Waals surface area (Å²) in [5.41, 5.74) is 3.38. The van der Waals surface area contributed by atoms with E-state index in [0.717, 1.165) is 12.1 Å². The Kier molecular flexibility index (Phi) is 5.32. The van der Waals surface area contributed by atoms with Crippen LogP contribution in [0.4, 0.5) is 0 Å². The van der Waals surface area contributed by atoms with E-state index in [-0.39, 0.29) is 0 Å². The highest BCUT2D eigenvalue weighted by molar-refractivity contribution is 6.33. The van der Waals surface area contributed by atoms with Gasteiger partial charge in [0, 0.05) is 31.4 Å². The summed E-state index contributed by atoms with van der Waals surface area (Å²) >= 11 is 6.43. The van der Waals surface area contributed by atoms with Crippen LogP contribution in [0, 0.1) is 6.92 Å². The van der Waals surface area contributed by atoms with Gasteiger partial charge >= 0.3 is 0 Å². The van der Waals surface area contributed by atoms with Crippen molar-refractivity contribution in [3.05, 3.63) is 40.2 Å². The largest absolute Gasteiger partial charge is 0.493 e. The van der Waals surface area contributed by atoms with E-state index in [9.17, 15) is 0 Å². The number of benzene rings is 1. The first-order chi connectivity index (χ1) is 10.5. The zero-order valence-electron chi connectivity index (χ0n) is 13.7. The first-order valence-electron chi connectivity index (χ1n) is 7.03. The van der Waals surface area contributed by atoms with Gasteiger partial charge in [0.25, 0.3) is 0 Å². The molecule has 0 unspecified atom stereocenters. The molecule has 120 valence electrons. The van der Waals surface area contributed by atoms with Crippen LogP contribution in [-0.4, -0.2) is 35.9 Å². The highest BCUT2D eigenvalue weighted by Gasteiger charge is 2.15. The lowest BCUT2D eigenvalue weighted by atomic mass is 10.1. The Morgan fingerprint density at radius 2 is 1.86 bits per heavy atom. The highest BCUT2D eigenvalue weighted by atomic mass is 35.5. The van der Waals surface area contributed by atoms with E-state index in [2.05, 4.69) is 24.0 Å². The van der Waals surface area contributed by atoms with Crippen LogP contribution in [0.3, 0.4) is 0 Å². The van der Waals surface area contributed by atoms with Crippen LogP contribution in [0.5, 0.6) is 11.5 Å². The van der Waals surface area contributed by atoms with Gasteiger partial charge in [-0.2, -0.15) is 5.10 Å². The second kappa shape index (κ2) is 7.03. The molecule has 0 atom stereocenters. The van der Waals surface area contributed by atoms with Gasteiger partial charge in [0.2, 0.25) is 0 Å². The first kappa shape index (κ1) is 16.6. The van der Waals surface area contributed by atoms with Crippen LogP contribution in [0.1, 0.15) is 16.8 Å². The number of methoxy groups -OCH3 is 2. The molecule has 0 aliphatic rings. The van der Waals surface area contributed by atoms with E-state index in [1.54, 1.807) is 14.2 Å². The van der Waals surface area contributed by atoms with Crippen molar-refractivity contribution in [1.82, 2.24) is 14.7 Å². The van der Waals surface area contributed by atoms with Gasteiger partial charge in [0.15, 0.2) is 11.5 Å². The van der Waals surface area contributed by atoms with E-state index >= 15 is 0 Å². The molecule has 0 aliphatic heterocycles. The molecule has 0 fully saturated rings. The number of nitrogens with zero attached hydrogens (tertiary/aromatic N) is 3. The molecule has 1 aromatic heterocycles. The van der Waals surface area contributed by atoms with Gasteiger partial charge < -0.3 is 9.47 Å². The Balaban J connectivity index is 2.15. The van der Waals surface area contributed by atoms with Crippen molar-refractivity contribution in [2.45, 2.75) is 20.0 Å². The predicted octanol–water partition coefficient (Wildman–Crippen LogP) is 3.03. The number of hydrogen-bond donors (Lipinski definition) is 0. The van der Waals surface area contributed by atoms with Gasteiger partial charge in [-0.3, -0.25) is 9.58 Å². The maximum absolute atomic E-state index is 6.43. The van der Waals surface area contributed by atoms with E-state index in [4.69, 9.17) is 21.1 Å². The molecule has 6 heteroatoms. The van der Waals surface area contributed by atoms with Gasteiger partial charge in [0.05, 0.1) is 25.4 Å². The minimum atomic E-state index is 0.577. The number of halogens is 1. The van der Waals surface area contributed by atoms with Gasteiger partial charge in [0.1, 0.15) is 0 Å². The predicted molar refractivity (Wildman–Crippen MR) is 87.7 cm³/mol. The van der Waals surface area contributed by atoms with Crippen molar-refractivity contribution in [2.75, 3.05) is 21.3 Å². The SMILES string of the molecule is COc1ccc(CN(C)Cc2cnn(C)c2C)c(Cl)c1OC. The topological polar surface area (TPSA) is 39.5 Å². The van der Waals surface area contributed by atoms with Gasteiger partial charge in [-0.25, -0.2) is 0 Å². The summed E-state index contributed by atoms with van der Waals surface area (Å²) in [5, 5.41) is 4.87. The maximum atomic E-state index is 6.43. The highest BCUT2D eigenvalue weighted by Crippen LogP contribution is 2.37. The molecule has 0 radical (unpaired) electrons. The summed E-state index contributed by atoms with van der Waals surface area (Å²) in [4.78, 5) is 2.19. The second-order valence-corrected chi connectivity index (χ2v) is 5.70. The molecule has 1 heterocycles. The molecule has 2 aromatic rings. The lowest BCUT2D eigenvalue weighted by Crippen LogP contribution is -2.18. The minimum absolute atomic E-state index is 0.577. The van der Waals surface area contributed by atoms with E-state index in [0.29, 0.717) is 23.1 Å². The molecule has 1 aromatic carbocycles. The average Bonchev–Trinajstić information content (AvgIpc) is 2.81. The summed E-state index contributed by atoms with van der Waals surface area (Å²) < 4.78 is 12.5. The minimum Gasteiger partial charge on any atom is -0.493 e. The molecule has 0 bridgehead atoms. The number of ether oxygens (including phenoxy) is 2. The molecular weight excluding hydrogens is 302 g/mol. The molecule has 2 rings (SSSR count). The van der Waals surface area contributed by atoms with Crippen molar-refractivity contribution in [2.24, 2.45) is 7.05 Å². The molecule has 0 N–H and O–H groups in total. The molecule has 0 saturated heterocycles. The average molecular weight is 324 g/mol. The van der Waals surface area contributed by atoms with Crippen LogP contribution in [0.25, 0.3) is 0 Å². The molecule has 0 aliphatic carbocycles. The molecular formula is C16H22ClN3O2. The summed E-state index contributed by atoms with van der Waals surface area (Å²) in [6.07, 6.45) is 1.90. The zero-order valence-corrected chi connectivity index (χ0v) is 14.4. The van der Waals surface area contributed by atoms with E-state index in [1.807, 2.05) is 30.1 Å². The smallest absolute Gasteiger partial charge is 0.179 e. The number of hydrogen-bond acceptors (Lipinski definition) is 4. The zero-order chi connectivity index (χ0) is 16.3. The summed E-state index contributed by atoms with van der Waals surface area (Å²) in [6.45, 7) is 3.59. The Bertz CT molecular complexity index is 655. The van der Waals surface area contributed by atoms with Crippen LogP contribution >= 0.6 is 11.6 Å². The maximum Gasteiger partial charge on any atom is 0.179 e. The number of rotatable bonds is 6. The third-order valence-electron chi connectivity index (χ3n) is 3.78. The lowest BCUT2D eigenvalue weighted by molar-refractivity contribution is 0.316. The fraction of sp³-hybridized carbons (Fsp3) is 0.438. The monoisotopic (exact) mass is 323 g/mol. The van der Waals surface area contributed by atoms with Gasteiger partial charge in [-0.15, -0.1) is 0 Å². The summed E-state index contributed by atoms with van der Waals surface area (Å²) in [5.74, 6) is 1.22. The first-order valence-corrected chi connectivity index (χ1v) is 7.41. The Morgan fingerprint density at radius 3 is 2.41 bits per heavy atom. The van der Waals surface area contributed by atoms with Gasteiger partial charge in [-0.05, 0) is 25.6 Å². The van der Waals surface area contributed by atoms with Crippen molar-refractivity contribution < 1.29 is 9.47 Å². The Labute approximate surface area is 136 Å². The van der Waals surface area contributed by atoms with Crippen LogP contribution in [0.2, 0.25) is 5.02 Å². The third kappa shape index (κ3) is 3.36. The molecule has 0 amide bonds.